The largest absolute Gasteiger partial charge is 0.478 e. The lowest BCUT2D eigenvalue weighted by molar-refractivity contribution is 0.0697. The van der Waals surface area contributed by atoms with Crippen LogP contribution in [0.5, 0.6) is 0 Å². The molecule has 0 fully saturated rings. The minimum atomic E-state index is -0.949. The van der Waals surface area contributed by atoms with Gasteiger partial charge >= 0.3 is 5.97 Å². The summed E-state index contributed by atoms with van der Waals surface area (Å²) >= 11 is 0. The molecule has 0 bridgehead atoms. The molecule has 0 aliphatic carbocycles. The number of carboxylic acids is 1. The molecular formula is C15H14N6O2. The van der Waals surface area contributed by atoms with Gasteiger partial charge in [-0.05, 0) is 24.3 Å². The fourth-order valence-corrected chi connectivity index (χ4v) is 2.16. The number of nitrogens with zero attached hydrogens (tertiary/aromatic N) is 5. The van der Waals surface area contributed by atoms with Gasteiger partial charge in [-0.3, -0.25) is 0 Å². The van der Waals surface area contributed by atoms with Crippen LogP contribution in [-0.2, 0) is 6.54 Å². The number of hydrogen-bond acceptors (Lipinski definition) is 7. The van der Waals surface area contributed by atoms with Crippen molar-refractivity contribution in [3.05, 3.63) is 48.0 Å². The van der Waals surface area contributed by atoms with Gasteiger partial charge in [0.05, 0.1) is 24.0 Å². The van der Waals surface area contributed by atoms with E-state index >= 15 is 0 Å². The van der Waals surface area contributed by atoms with Crippen LogP contribution in [0.3, 0.4) is 0 Å². The van der Waals surface area contributed by atoms with Gasteiger partial charge in [0, 0.05) is 12.7 Å². The van der Waals surface area contributed by atoms with Gasteiger partial charge in [0.15, 0.2) is 17.0 Å². The maximum absolute atomic E-state index is 10.9. The summed E-state index contributed by atoms with van der Waals surface area (Å²) < 4.78 is 0. The molecule has 0 radical (unpaired) electrons. The van der Waals surface area contributed by atoms with Gasteiger partial charge in [-0.15, -0.1) is 0 Å². The number of nitrogens with two attached hydrogens (primary N) is 1. The fraction of sp³-hybridized carbons (Fsp3) is 0.133. The van der Waals surface area contributed by atoms with E-state index in [4.69, 9.17) is 10.8 Å². The lowest BCUT2D eigenvalue weighted by atomic mass is 10.2. The summed E-state index contributed by atoms with van der Waals surface area (Å²) in [5.41, 5.74) is 8.54. The minimum absolute atomic E-state index is 0.248. The number of aromatic carboxylic acids is 1. The third-order valence-electron chi connectivity index (χ3n) is 3.38. The third kappa shape index (κ3) is 3.00. The molecule has 0 saturated heterocycles. The number of fused-ring (bicyclic) bond motifs is 1. The topological polar surface area (TPSA) is 118 Å². The van der Waals surface area contributed by atoms with Crippen LogP contribution in [0.15, 0.2) is 36.8 Å². The summed E-state index contributed by atoms with van der Waals surface area (Å²) in [6.07, 6.45) is 2.99. The Morgan fingerprint density at radius 1 is 1.22 bits per heavy atom. The fourth-order valence-electron chi connectivity index (χ4n) is 2.16. The van der Waals surface area contributed by atoms with Crippen LogP contribution in [0, 0.1) is 0 Å². The zero-order valence-corrected chi connectivity index (χ0v) is 12.3. The number of carbonyl (C=O) groups is 1. The molecule has 2 heterocycles. The number of benzene rings is 1. The van der Waals surface area contributed by atoms with Crippen LogP contribution in [0.2, 0.25) is 0 Å². The predicted octanol–water partition coefficient (Wildman–Crippen LogP) is 1.34. The Balaban J connectivity index is 1.83. The molecule has 0 saturated carbocycles. The first kappa shape index (κ1) is 14.6. The van der Waals surface area contributed by atoms with Crippen LogP contribution in [0.1, 0.15) is 16.1 Å². The summed E-state index contributed by atoms with van der Waals surface area (Å²) in [5.74, 6) is -0.659. The summed E-state index contributed by atoms with van der Waals surface area (Å²) in [4.78, 5) is 29.4. The Bertz CT molecular complexity index is 865. The molecule has 2 aromatic heterocycles. The van der Waals surface area contributed by atoms with Crippen molar-refractivity contribution in [3.8, 4) is 0 Å². The SMILES string of the molecule is CN(Cc1cnc2ncnc(N)c2n1)c1ccc(C(=O)O)cc1. The van der Waals surface area contributed by atoms with Crippen LogP contribution in [-0.4, -0.2) is 38.1 Å². The van der Waals surface area contributed by atoms with Crippen LogP contribution in [0.4, 0.5) is 11.5 Å². The minimum Gasteiger partial charge on any atom is -0.478 e. The van der Waals surface area contributed by atoms with E-state index in [-0.39, 0.29) is 11.4 Å². The lowest BCUT2D eigenvalue weighted by Gasteiger charge is -2.19. The smallest absolute Gasteiger partial charge is 0.335 e. The number of anilines is 2. The molecule has 3 aromatic rings. The van der Waals surface area contributed by atoms with Crippen molar-refractivity contribution in [2.45, 2.75) is 6.54 Å². The first-order valence-corrected chi connectivity index (χ1v) is 6.81. The van der Waals surface area contributed by atoms with E-state index < -0.39 is 5.97 Å². The van der Waals surface area contributed by atoms with Gasteiger partial charge in [-0.2, -0.15) is 0 Å². The highest BCUT2D eigenvalue weighted by Gasteiger charge is 2.09. The molecule has 0 atom stereocenters. The van der Waals surface area contributed by atoms with Crippen LogP contribution >= 0.6 is 0 Å². The molecule has 3 rings (SSSR count). The Morgan fingerprint density at radius 3 is 2.65 bits per heavy atom. The summed E-state index contributed by atoms with van der Waals surface area (Å²) in [5, 5.41) is 8.92. The molecule has 1 aromatic carbocycles. The average molecular weight is 310 g/mol. The normalized spacial score (nSPS) is 10.7. The molecule has 0 amide bonds. The zero-order chi connectivity index (χ0) is 16.4. The van der Waals surface area contributed by atoms with E-state index in [2.05, 4.69) is 19.9 Å². The Morgan fingerprint density at radius 2 is 1.96 bits per heavy atom. The first-order chi connectivity index (χ1) is 11.0. The van der Waals surface area contributed by atoms with Crippen molar-refractivity contribution in [2.24, 2.45) is 0 Å². The van der Waals surface area contributed by atoms with Crippen LogP contribution in [0.25, 0.3) is 11.2 Å². The van der Waals surface area contributed by atoms with Gasteiger partial charge in [0.25, 0.3) is 0 Å². The molecule has 8 heteroatoms. The van der Waals surface area contributed by atoms with E-state index in [0.29, 0.717) is 23.4 Å². The van der Waals surface area contributed by atoms with Crippen molar-refractivity contribution in [2.75, 3.05) is 17.7 Å². The number of aromatic nitrogens is 4. The molecular weight excluding hydrogens is 296 g/mol. The van der Waals surface area contributed by atoms with Crippen molar-refractivity contribution < 1.29 is 9.90 Å². The molecule has 8 nitrogen and oxygen atoms in total. The Labute approximate surface area is 131 Å². The van der Waals surface area contributed by atoms with E-state index in [1.165, 1.54) is 6.33 Å². The molecule has 0 aliphatic heterocycles. The van der Waals surface area contributed by atoms with E-state index in [1.54, 1.807) is 30.5 Å². The first-order valence-electron chi connectivity index (χ1n) is 6.81. The van der Waals surface area contributed by atoms with Crippen molar-refractivity contribution in [3.63, 3.8) is 0 Å². The Hall–Kier alpha value is -3.29. The second-order valence-electron chi connectivity index (χ2n) is 5.00. The Kier molecular flexibility index (Phi) is 3.71. The van der Waals surface area contributed by atoms with Crippen molar-refractivity contribution in [1.82, 2.24) is 19.9 Å². The van der Waals surface area contributed by atoms with Gasteiger partial charge in [0.1, 0.15) is 6.33 Å². The van der Waals surface area contributed by atoms with Gasteiger partial charge in [0.2, 0.25) is 0 Å². The number of rotatable bonds is 4. The van der Waals surface area contributed by atoms with E-state index in [9.17, 15) is 4.79 Å². The molecule has 3 N–H and O–H groups in total. The zero-order valence-electron chi connectivity index (χ0n) is 12.3. The van der Waals surface area contributed by atoms with Crippen molar-refractivity contribution >= 4 is 28.6 Å². The molecule has 0 aliphatic rings. The van der Waals surface area contributed by atoms with Gasteiger partial charge < -0.3 is 15.7 Å². The lowest BCUT2D eigenvalue weighted by Crippen LogP contribution is -2.17. The van der Waals surface area contributed by atoms with Crippen molar-refractivity contribution in [1.29, 1.82) is 0 Å². The highest BCUT2D eigenvalue weighted by Crippen LogP contribution is 2.17. The second kappa shape index (κ2) is 5.84. The molecule has 23 heavy (non-hydrogen) atoms. The maximum atomic E-state index is 10.9. The standard InChI is InChI=1S/C15H14N6O2/c1-21(11-4-2-9(3-5-11)15(22)23)7-10-6-17-14-12(20-10)13(16)18-8-19-14/h2-6,8H,7H2,1H3,(H,22,23)(H2,16,17,18,19). The van der Waals surface area contributed by atoms with Gasteiger partial charge in [-0.25, -0.2) is 24.7 Å². The number of hydrogen-bond donors (Lipinski definition) is 2. The highest BCUT2D eigenvalue weighted by molar-refractivity contribution is 5.88. The van der Waals surface area contributed by atoms with Gasteiger partial charge in [-0.1, -0.05) is 0 Å². The monoisotopic (exact) mass is 310 g/mol. The summed E-state index contributed by atoms with van der Waals surface area (Å²) in [7, 11) is 1.88. The number of carboxylic acid groups (broad SMARTS) is 1. The average Bonchev–Trinajstić information content (AvgIpc) is 2.55. The summed E-state index contributed by atoms with van der Waals surface area (Å²) in [6, 6.07) is 6.61. The quantitative estimate of drug-likeness (QED) is 0.741. The van der Waals surface area contributed by atoms with E-state index in [0.717, 1.165) is 5.69 Å². The molecule has 0 unspecified atom stereocenters. The molecule has 116 valence electrons. The second-order valence-corrected chi connectivity index (χ2v) is 5.00. The van der Waals surface area contributed by atoms with Crippen LogP contribution < -0.4 is 10.6 Å². The van der Waals surface area contributed by atoms with E-state index in [1.807, 2.05) is 11.9 Å². The third-order valence-corrected chi connectivity index (χ3v) is 3.38. The molecule has 0 spiro atoms. The highest BCUT2D eigenvalue weighted by atomic mass is 16.4. The summed E-state index contributed by atoms with van der Waals surface area (Å²) in [6.45, 7) is 0.490. The maximum Gasteiger partial charge on any atom is 0.335 e. The number of nitrogen functional groups attached to an aromatic ring is 1. The predicted molar refractivity (Wildman–Crippen MR) is 85.0 cm³/mol.